The van der Waals surface area contributed by atoms with Crippen molar-refractivity contribution in [1.29, 1.82) is 0 Å². The third-order valence-corrected chi connectivity index (χ3v) is 6.20. The Bertz CT molecular complexity index is 1210. The second kappa shape index (κ2) is 11.4. The van der Waals surface area contributed by atoms with Gasteiger partial charge in [0.25, 0.3) is 0 Å². The number of carboxylic acid groups (broad SMARTS) is 1. The molecule has 2 amide bonds. The Morgan fingerprint density at radius 2 is 1.61 bits per heavy atom. The van der Waals surface area contributed by atoms with E-state index in [1.807, 2.05) is 54.6 Å². The van der Waals surface area contributed by atoms with Crippen molar-refractivity contribution >= 4 is 18.0 Å². The fourth-order valence-corrected chi connectivity index (χ4v) is 4.22. The highest BCUT2D eigenvalue weighted by Gasteiger charge is 2.37. The third kappa shape index (κ3) is 6.02. The number of fused-ring (bicyclic) bond motifs is 1. The number of hydrogen-bond donors (Lipinski definition) is 2. The summed E-state index contributed by atoms with van der Waals surface area (Å²) >= 11 is 0. The predicted octanol–water partition coefficient (Wildman–Crippen LogP) is 3.57. The van der Waals surface area contributed by atoms with Gasteiger partial charge in [0.2, 0.25) is 5.91 Å². The van der Waals surface area contributed by atoms with Gasteiger partial charge in [-0.25, -0.2) is 9.59 Å². The van der Waals surface area contributed by atoms with E-state index in [9.17, 15) is 19.5 Å². The number of nitrogens with zero attached hydrogens (tertiary/aromatic N) is 1. The van der Waals surface area contributed by atoms with Crippen LogP contribution in [0.5, 0.6) is 5.75 Å². The maximum Gasteiger partial charge on any atom is 0.411 e. The summed E-state index contributed by atoms with van der Waals surface area (Å²) in [6.45, 7) is 0.263. The number of carbonyl (C=O) groups excluding carboxylic acids is 2. The summed E-state index contributed by atoms with van der Waals surface area (Å²) in [6, 6.07) is 21.8. The fraction of sp³-hybridized carbons (Fsp3) is 0.250. The van der Waals surface area contributed by atoms with E-state index in [2.05, 4.69) is 5.32 Å². The molecule has 2 N–H and O–H groups in total. The first-order valence-corrected chi connectivity index (χ1v) is 11.6. The van der Waals surface area contributed by atoms with Crippen molar-refractivity contribution < 1.29 is 29.0 Å². The van der Waals surface area contributed by atoms with Crippen LogP contribution in [-0.2, 0) is 40.3 Å². The molecule has 0 saturated heterocycles. The van der Waals surface area contributed by atoms with Crippen molar-refractivity contribution in [3.8, 4) is 5.75 Å². The van der Waals surface area contributed by atoms with Gasteiger partial charge < -0.3 is 19.9 Å². The zero-order valence-corrected chi connectivity index (χ0v) is 19.9. The summed E-state index contributed by atoms with van der Waals surface area (Å²) in [7, 11) is 1.55. The minimum absolute atomic E-state index is 0.0708. The largest absolute Gasteiger partial charge is 0.497 e. The number of hydrogen-bond acceptors (Lipinski definition) is 5. The Kier molecular flexibility index (Phi) is 7.85. The molecular weight excluding hydrogens is 460 g/mol. The van der Waals surface area contributed by atoms with Crippen LogP contribution in [0, 0.1) is 0 Å². The zero-order valence-electron chi connectivity index (χ0n) is 19.9. The topological polar surface area (TPSA) is 105 Å². The van der Waals surface area contributed by atoms with Crippen LogP contribution in [0.15, 0.2) is 78.9 Å². The van der Waals surface area contributed by atoms with Gasteiger partial charge in [0, 0.05) is 12.8 Å². The number of nitrogens with one attached hydrogen (secondary N) is 1. The molecule has 8 nitrogen and oxygen atoms in total. The summed E-state index contributed by atoms with van der Waals surface area (Å²) in [5.74, 6) is -1.05. The number of amides is 2. The Hall–Kier alpha value is -4.33. The number of ether oxygens (including phenoxy) is 2. The molecule has 0 bridgehead atoms. The van der Waals surface area contributed by atoms with Crippen LogP contribution in [0.1, 0.15) is 22.3 Å². The molecule has 0 fully saturated rings. The van der Waals surface area contributed by atoms with Gasteiger partial charge in [0.05, 0.1) is 13.7 Å². The van der Waals surface area contributed by atoms with Gasteiger partial charge in [0.15, 0.2) is 0 Å². The molecule has 1 aliphatic rings. The molecule has 2 atom stereocenters. The average Bonchev–Trinajstić information content (AvgIpc) is 2.91. The first kappa shape index (κ1) is 24.8. The number of carbonyl (C=O) groups is 3. The molecule has 186 valence electrons. The first-order valence-electron chi connectivity index (χ1n) is 11.6. The number of methoxy groups -OCH3 is 1. The van der Waals surface area contributed by atoms with Crippen molar-refractivity contribution in [1.82, 2.24) is 10.2 Å². The molecule has 1 aliphatic heterocycles. The molecule has 0 unspecified atom stereocenters. The van der Waals surface area contributed by atoms with Crippen LogP contribution < -0.4 is 10.1 Å². The second-order valence-electron chi connectivity index (χ2n) is 8.61. The SMILES string of the molecule is COc1ccc(C[C@@H](NC(=O)[C@@H]2Cc3ccccc3CN2C(=O)OCc2ccccc2)C(=O)O)cc1. The van der Waals surface area contributed by atoms with E-state index in [0.29, 0.717) is 5.75 Å². The zero-order chi connectivity index (χ0) is 25.5. The van der Waals surface area contributed by atoms with Crippen molar-refractivity contribution in [2.75, 3.05) is 7.11 Å². The van der Waals surface area contributed by atoms with Crippen molar-refractivity contribution in [2.24, 2.45) is 0 Å². The van der Waals surface area contributed by atoms with E-state index in [0.717, 1.165) is 22.3 Å². The molecule has 3 aromatic rings. The maximum absolute atomic E-state index is 13.4. The molecule has 0 aliphatic carbocycles. The lowest BCUT2D eigenvalue weighted by molar-refractivity contribution is -0.142. The number of carboxylic acids is 1. The fourth-order valence-electron chi connectivity index (χ4n) is 4.22. The van der Waals surface area contributed by atoms with E-state index in [1.165, 1.54) is 4.90 Å². The number of aliphatic carboxylic acids is 1. The lowest BCUT2D eigenvalue weighted by Gasteiger charge is -2.35. The Labute approximate surface area is 209 Å². The van der Waals surface area contributed by atoms with Gasteiger partial charge in [-0.05, 0) is 34.4 Å². The van der Waals surface area contributed by atoms with E-state index < -0.39 is 30.1 Å². The van der Waals surface area contributed by atoms with Gasteiger partial charge in [0.1, 0.15) is 24.4 Å². The molecule has 0 aromatic heterocycles. The van der Waals surface area contributed by atoms with E-state index >= 15 is 0 Å². The van der Waals surface area contributed by atoms with Crippen LogP contribution in [0.2, 0.25) is 0 Å². The first-order chi connectivity index (χ1) is 17.4. The molecule has 0 saturated carbocycles. The lowest BCUT2D eigenvalue weighted by atomic mass is 9.93. The standard InChI is InChI=1S/C28H28N2O6/c1-35-23-13-11-19(12-14-23)15-24(27(32)33)29-26(31)25-16-21-9-5-6-10-22(21)17-30(25)28(34)36-18-20-7-3-2-4-8-20/h2-14,24-25H,15-18H2,1H3,(H,29,31)(H,32,33)/t24-,25+/m1/s1. The van der Waals surface area contributed by atoms with Gasteiger partial charge >= 0.3 is 12.1 Å². The third-order valence-electron chi connectivity index (χ3n) is 6.20. The van der Waals surface area contributed by atoms with E-state index in [1.54, 1.807) is 31.4 Å². The predicted molar refractivity (Wildman–Crippen MR) is 132 cm³/mol. The Morgan fingerprint density at radius 1 is 0.944 bits per heavy atom. The molecule has 3 aromatic carbocycles. The van der Waals surface area contributed by atoms with E-state index in [-0.39, 0.29) is 26.0 Å². The molecule has 0 spiro atoms. The highest BCUT2D eigenvalue weighted by Crippen LogP contribution is 2.25. The Morgan fingerprint density at radius 3 is 2.28 bits per heavy atom. The minimum atomic E-state index is -1.16. The maximum atomic E-state index is 13.4. The monoisotopic (exact) mass is 488 g/mol. The molecule has 1 heterocycles. The summed E-state index contributed by atoms with van der Waals surface area (Å²) in [5.41, 5.74) is 3.42. The van der Waals surface area contributed by atoms with Crippen LogP contribution >= 0.6 is 0 Å². The minimum Gasteiger partial charge on any atom is -0.497 e. The summed E-state index contributed by atoms with van der Waals surface area (Å²) in [4.78, 5) is 39.8. The van der Waals surface area contributed by atoms with Crippen LogP contribution in [0.3, 0.4) is 0 Å². The number of benzene rings is 3. The van der Waals surface area contributed by atoms with Crippen LogP contribution in [-0.4, -0.2) is 47.2 Å². The van der Waals surface area contributed by atoms with Crippen molar-refractivity contribution in [3.63, 3.8) is 0 Å². The molecular formula is C28H28N2O6. The van der Waals surface area contributed by atoms with Crippen molar-refractivity contribution in [2.45, 2.75) is 38.1 Å². The van der Waals surface area contributed by atoms with Crippen molar-refractivity contribution in [3.05, 3.63) is 101 Å². The van der Waals surface area contributed by atoms with Crippen LogP contribution in [0.4, 0.5) is 4.79 Å². The molecule has 8 heteroatoms. The Balaban J connectivity index is 1.50. The smallest absolute Gasteiger partial charge is 0.411 e. The van der Waals surface area contributed by atoms with Gasteiger partial charge in [-0.3, -0.25) is 9.69 Å². The molecule has 36 heavy (non-hydrogen) atoms. The average molecular weight is 489 g/mol. The summed E-state index contributed by atoms with van der Waals surface area (Å²) < 4.78 is 10.7. The van der Waals surface area contributed by atoms with Gasteiger partial charge in [-0.1, -0.05) is 66.7 Å². The highest BCUT2D eigenvalue weighted by molar-refractivity contribution is 5.90. The molecule has 4 rings (SSSR count). The summed E-state index contributed by atoms with van der Waals surface area (Å²) in [6.07, 6.45) is -0.278. The quantitative estimate of drug-likeness (QED) is 0.502. The second-order valence-corrected chi connectivity index (χ2v) is 8.61. The van der Waals surface area contributed by atoms with Crippen LogP contribution in [0.25, 0.3) is 0 Å². The van der Waals surface area contributed by atoms with Gasteiger partial charge in [-0.2, -0.15) is 0 Å². The van der Waals surface area contributed by atoms with Gasteiger partial charge in [-0.15, -0.1) is 0 Å². The lowest BCUT2D eigenvalue weighted by Crippen LogP contribution is -2.56. The summed E-state index contributed by atoms with van der Waals surface area (Å²) in [5, 5.41) is 12.4. The number of rotatable bonds is 8. The molecule has 0 radical (unpaired) electrons. The normalized spacial score (nSPS) is 15.4. The highest BCUT2D eigenvalue weighted by atomic mass is 16.6. The van der Waals surface area contributed by atoms with E-state index in [4.69, 9.17) is 9.47 Å².